The van der Waals surface area contributed by atoms with Crippen LogP contribution in [0.2, 0.25) is 10.0 Å². The summed E-state index contributed by atoms with van der Waals surface area (Å²) in [4.78, 5) is 4.81. The Balaban J connectivity index is 1.59. The van der Waals surface area contributed by atoms with E-state index in [1.165, 1.54) is 11.1 Å². The first-order valence-electron chi connectivity index (χ1n) is 10.6. The van der Waals surface area contributed by atoms with Crippen molar-refractivity contribution in [2.75, 3.05) is 31.1 Å². The number of anilines is 1. The molecule has 0 spiro atoms. The summed E-state index contributed by atoms with van der Waals surface area (Å²) in [6.45, 7) is 3.25. The molecule has 0 amide bonds. The largest absolute Gasteiger partial charge is 0.473 e. The summed E-state index contributed by atoms with van der Waals surface area (Å²) in [6.07, 6.45) is -0.778. The number of nitrogens with two attached hydrogens (primary N) is 1. The average molecular weight is 472 g/mol. The average Bonchev–Trinajstić information content (AvgIpc) is 2.80. The van der Waals surface area contributed by atoms with E-state index in [2.05, 4.69) is 46.2 Å². The van der Waals surface area contributed by atoms with Crippen molar-refractivity contribution >= 4 is 28.9 Å². The molecule has 5 nitrogen and oxygen atoms in total. The predicted octanol–water partition coefficient (Wildman–Crippen LogP) is 4.71. The Hall–Kier alpha value is -2.28. The van der Waals surface area contributed by atoms with Crippen molar-refractivity contribution in [1.82, 2.24) is 4.90 Å². The number of nitrogens with zero attached hydrogens (tertiary/aromatic N) is 2. The van der Waals surface area contributed by atoms with Gasteiger partial charge in [-0.3, -0.25) is 10.6 Å². The number of aliphatic hydroxyl groups excluding tert-OH is 1. The monoisotopic (exact) mass is 471 g/mol. The molecule has 1 aliphatic rings. The van der Waals surface area contributed by atoms with E-state index in [0.29, 0.717) is 10.8 Å². The number of benzene rings is 3. The number of piperazine rings is 1. The van der Waals surface area contributed by atoms with Gasteiger partial charge in [0.05, 0.1) is 23.4 Å². The molecule has 2 atom stereocenters. The van der Waals surface area contributed by atoms with E-state index < -0.39 is 6.23 Å². The lowest BCUT2D eigenvalue weighted by molar-refractivity contribution is 0.121. The van der Waals surface area contributed by atoms with Gasteiger partial charge in [0.1, 0.15) is 5.75 Å². The molecule has 0 aromatic heterocycles. The Bertz CT molecular complexity index is 1020. The van der Waals surface area contributed by atoms with Gasteiger partial charge in [-0.1, -0.05) is 65.7 Å². The van der Waals surface area contributed by atoms with E-state index in [1.807, 2.05) is 30.3 Å². The van der Waals surface area contributed by atoms with Crippen LogP contribution in [-0.4, -0.2) is 42.5 Å². The van der Waals surface area contributed by atoms with Crippen LogP contribution in [0.4, 0.5) is 5.69 Å². The van der Waals surface area contributed by atoms with Crippen LogP contribution in [0.3, 0.4) is 0 Å². The Kier molecular flexibility index (Phi) is 7.55. The van der Waals surface area contributed by atoms with E-state index >= 15 is 0 Å². The van der Waals surface area contributed by atoms with Crippen molar-refractivity contribution in [3.05, 3.63) is 94.0 Å². The normalized spacial score (nSPS) is 17.9. The van der Waals surface area contributed by atoms with Crippen LogP contribution in [0.15, 0.2) is 72.8 Å². The zero-order chi connectivity index (χ0) is 22.5. The maximum Gasteiger partial charge on any atom is 0.170 e. The van der Waals surface area contributed by atoms with Gasteiger partial charge in [-0.2, -0.15) is 0 Å². The van der Waals surface area contributed by atoms with Crippen LogP contribution in [0, 0.1) is 0 Å². The van der Waals surface area contributed by atoms with Gasteiger partial charge in [0.15, 0.2) is 6.23 Å². The van der Waals surface area contributed by atoms with Crippen LogP contribution >= 0.6 is 23.2 Å². The summed E-state index contributed by atoms with van der Waals surface area (Å²) in [7, 11) is 0. The first kappa shape index (κ1) is 22.9. The van der Waals surface area contributed by atoms with E-state index in [9.17, 15) is 0 Å². The van der Waals surface area contributed by atoms with Crippen molar-refractivity contribution in [3.63, 3.8) is 0 Å². The summed E-state index contributed by atoms with van der Waals surface area (Å²) >= 11 is 12.8. The van der Waals surface area contributed by atoms with Crippen LogP contribution in [-0.2, 0) is 6.54 Å². The van der Waals surface area contributed by atoms with Gasteiger partial charge < -0.3 is 14.7 Å². The fourth-order valence-electron chi connectivity index (χ4n) is 4.09. The minimum atomic E-state index is -0.778. The highest BCUT2D eigenvalue weighted by Gasteiger charge is 2.30. The second-order valence-corrected chi connectivity index (χ2v) is 8.78. The zero-order valence-corrected chi connectivity index (χ0v) is 19.2. The summed E-state index contributed by atoms with van der Waals surface area (Å²) in [5, 5.41) is 10.4. The van der Waals surface area contributed by atoms with Crippen molar-refractivity contribution < 1.29 is 9.84 Å². The number of hydrogen-bond donors (Lipinski definition) is 2. The summed E-state index contributed by atoms with van der Waals surface area (Å²) in [5.41, 5.74) is 9.11. The third kappa shape index (κ3) is 5.55. The van der Waals surface area contributed by atoms with Crippen molar-refractivity contribution in [1.29, 1.82) is 0 Å². The third-order valence-electron chi connectivity index (χ3n) is 5.66. The molecule has 168 valence electrons. The molecule has 0 unspecified atom stereocenters. The van der Waals surface area contributed by atoms with Gasteiger partial charge in [0.25, 0.3) is 0 Å². The number of hydrogen-bond acceptors (Lipinski definition) is 5. The van der Waals surface area contributed by atoms with E-state index in [0.717, 1.165) is 36.9 Å². The number of halogens is 2. The molecule has 4 rings (SSSR count). The standard InChI is InChI=1S/C25H27Cl2N3O2/c26-20-8-6-19(7-9-20)24-16-29(15-18-4-2-1-3-5-18)12-13-30(24)23-11-10-21(14-22(23)27)32-25(28)17-31/h1-11,14,24-25,31H,12-13,15-17,28H2/t24-,25-/m0/s1. The number of aliphatic hydroxyl groups is 1. The minimum Gasteiger partial charge on any atom is -0.473 e. The van der Waals surface area contributed by atoms with E-state index in [-0.39, 0.29) is 12.6 Å². The van der Waals surface area contributed by atoms with Crippen LogP contribution in [0.1, 0.15) is 17.2 Å². The van der Waals surface area contributed by atoms with Crippen molar-refractivity contribution in [3.8, 4) is 5.75 Å². The van der Waals surface area contributed by atoms with E-state index in [4.69, 9.17) is 38.8 Å². The quantitative estimate of drug-likeness (QED) is 0.488. The summed E-state index contributed by atoms with van der Waals surface area (Å²) in [5.74, 6) is 0.533. The maximum atomic E-state index is 9.13. The van der Waals surface area contributed by atoms with Crippen LogP contribution in [0.5, 0.6) is 5.75 Å². The first-order valence-corrected chi connectivity index (χ1v) is 11.4. The van der Waals surface area contributed by atoms with Gasteiger partial charge in [-0.05, 0) is 35.4 Å². The molecule has 1 heterocycles. The predicted molar refractivity (Wildman–Crippen MR) is 130 cm³/mol. The second kappa shape index (κ2) is 10.6. The molecule has 1 saturated heterocycles. The van der Waals surface area contributed by atoms with Gasteiger partial charge in [0, 0.05) is 37.3 Å². The molecule has 3 aromatic rings. The lowest BCUT2D eigenvalue weighted by Crippen LogP contribution is -2.48. The topological polar surface area (TPSA) is 62.0 Å². The number of rotatable bonds is 7. The molecule has 7 heteroatoms. The highest BCUT2D eigenvalue weighted by atomic mass is 35.5. The molecule has 0 saturated carbocycles. The molecular weight excluding hydrogens is 445 g/mol. The maximum absolute atomic E-state index is 9.13. The molecule has 32 heavy (non-hydrogen) atoms. The molecular formula is C25H27Cl2N3O2. The summed E-state index contributed by atoms with van der Waals surface area (Å²) < 4.78 is 5.50. The summed E-state index contributed by atoms with van der Waals surface area (Å²) in [6, 6.07) is 24.2. The van der Waals surface area contributed by atoms with Crippen molar-refractivity contribution in [2.24, 2.45) is 5.73 Å². The lowest BCUT2D eigenvalue weighted by Gasteiger charge is -2.43. The van der Waals surface area contributed by atoms with Gasteiger partial charge in [-0.15, -0.1) is 0 Å². The molecule has 1 fully saturated rings. The Morgan fingerprint density at radius 3 is 2.44 bits per heavy atom. The Morgan fingerprint density at radius 1 is 1.00 bits per heavy atom. The molecule has 3 N–H and O–H groups in total. The van der Waals surface area contributed by atoms with Crippen molar-refractivity contribution in [2.45, 2.75) is 18.8 Å². The van der Waals surface area contributed by atoms with Crippen LogP contribution in [0.25, 0.3) is 0 Å². The van der Waals surface area contributed by atoms with E-state index in [1.54, 1.807) is 6.07 Å². The lowest BCUT2D eigenvalue weighted by atomic mass is 10.0. The zero-order valence-electron chi connectivity index (χ0n) is 17.7. The smallest absolute Gasteiger partial charge is 0.170 e. The second-order valence-electron chi connectivity index (χ2n) is 7.93. The van der Waals surface area contributed by atoms with Gasteiger partial charge in [0.2, 0.25) is 0 Å². The highest BCUT2D eigenvalue weighted by Crippen LogP contribution is 2.37. The molecule has 0 aliphatic carbocycles. The number of ether oxygens (including phenoxy) is 1. The molecule has 0 radical (unpaired) electrons. The highest BCUT2D eigenvalue weighted by molar-refractivity contribution is 6.33. The fourth-order valence-corrected chi connectivity index (χ4v) is 4.49. The fraction of sp³-hybridized carbons (Fsp3) is 0.280. The first-order chi connectivity index (χ1) is 15.5. The molecule has 3 aromatic carbocycles. The molecule has 0 bridgehead atoms. The SMILES string of the molecule is N[C@H](CO)Oc1ccc(N2CCN(Cc3ccccc3)C[C@H]2c2ccc(Cl)cc2)c(Cl)c1. The Morgan fingerprint density at radius 2 is 1.75 bits per heavy atom. The van der Waals surface area contributed by atoms with Gasteiger partial charge in [-0.25, -0.2) is 0 Å². The Labute approximate surface area is 198 Å². The third-order valence-corrected chi connectivity index (χ3v) is 6.22. The van der Waals surface area contributed by atoms with Crippen LogP contribution < -0.4 is 15.4 Å². The van der Waals surface area contributed by atoms with Gasteiger partial charge >= 0.3 is 0 Å². The minimum absolute atomic E-state index is 0.119. The molecule has 1 aliphatic heterocycles.